The minimum Gasteiger partial charge on any atom is -0.330 e. The number of hydrogen-bond acceptors (Lipinski definition) is 1. The summed E-state index contributed by atoms with van der Waals surface area (Å²) in [5.74, 6) is -1.40. The molecule has 0 aliphatic carbocycles. The molecule has 0 saturated heterocycles. The van der Waals surface area contributed by atoms with Crippen molar-refractivity contribution in [2.24, 2.45) is 0 Å². The van der Waals surface area contributed by atoms with Gasteiger partial charge < -0.3 is 10.6 Å². The number of carbonyl (C=O) groups excluding carboxylic acids is 1. The normalized spacial score (nSPS) is 13.0. The number of carbonyl (C=O) groups is 1. The summed E-state index contributed by atoms with van der Waals surface area (Å²) in [6, 6.07) is 20.1. The average Bonchev–Trinajstić information content (AvgIpc) is 2.69. The van der Waals surface area contributed by atoms with Crippen LogP contribution >= 0.6 is 0 Å². The van der Waals surface area contributed by atoms with Gasteiger partial charge in [-0.2, -0.15) is 0 Å². The van der Waals surface area contributed by atoms with Gasteiger partial charge in [0, 0.05) is 22.9 Å². The molecule has 28 heavy (non-hydrogen) atoms. The molecule has 5 heteroatoms. The first-order valence-corrected chi connectivity index (χ1v) is 9.21. The van der Waals surface area contributed by atoms with Crippen molar-refractivity contribution in [3.05, 3.63) is 90.0 Å². The molecule has 3 rings (SSSR count). The molecule has 0 bridgehead atoms. The van der Waals surface area contributed by atoms with E-state index in [-0.39, 0.29) is 11.9 Å². The molecule has 3 aromatic rings. The smallest absolute Gasteiger partial charge is 0.282 e. The van der Waals surface area contributed by atoms with Crippen LogP contribution in [0, 0.1) is 11.6 Å². The van der Waals surface area contributed by atoms with Crippen LogP contribution in [-0.2, 0) is 4.79 Å². The van der Waals surface area contributed by atoms with Gasteiger partial charge >= 0.3 is 0 Å². The predicted molar refractivity (Wildman–Crippen MR) is 107 cm³/mol. The van der Waals surface area contributed by atoms with Gasteiger partial charge in [0.25, 0.3) is 5.91 Å². The first-order chi connectivity index (χ1) is 13.5. The van der Waals surface area contributed by atoms with E-state index in [2.05, 4.69) is 5.32 Å². The molecule has 3 N–H and O–H groups in total. The Balaban J connectivity index is 1.71. The van der Waals surface area contributed by atoms with Crippen molar-refractivity contribution in [3.8, 4) is 11.1 Å². The molecule has 3 nitrogen and oxygen atoms in total. The van der Waals surface area contributed by atoms with Gasteiger partial charge in [0.15, 0.2) is 6.04 Å². The molecule has 0 saturated carbocycles. The highest BCUT2D eigenvalue weighted by Crippen LogP contribution is 2.27. The highest BCUT2D eigenvalue weighted by molar-refractivity contribution is 5.97. The Hall–Kier alpha value is -3.05. The minimum absolute atomic E-state index is 0.183. The highest BCUT2D eigenvalue weighted by Gasteiger charge is 2.23. The van der Waals surface area contributed by atoms with Crippen LogP contribution in [0.4, 0.5) is 14.5 Å². The zero-order valence-corrected chi connectivity index (χ0v) is 15.8. The third-order valence-corrected chi connectivity index (χ3v) is 4.71. The van der Waals surface area contributed by atoms with Gasteiger partial charge in [0.05, 0.1) is 0 Å². The van der Waals surface area contributed by atoms with E-state index in [4.69, 9.17) is 0 Å². The monoisotopic (exact) mass is 381 g/mol. The lowest BCUT2D eigenvalue weighted by molar-refractivity contribution is -0.710. The number of nitrogens with one attached hydrogen (secondary N) is 1. The maximum atomic E-state index is 14.0. The molecule has 0 aliphatic rings. The maximum Gasteiger partial charge on any atom is 0.282 e. The van der Waals surface area contributed by atoms with Gasteiger partial charge in [-0.05, 0) is 37.6 Å². The first-order valence-electron chi connectivity index (χ1n) is 9.21. The molecule has 0 heterocycles. The van der Waals surface area contributed by atoms with Crippen LogP contribution in [-0.4, -0.2) is 11.9 Å². The zero-order chi connectivity index (χ0) is 20.1. The van der Waals surface area contributed by atoms with E-state index in [1.54, 1.807) is 19.2 Å². The summed E-state index contributed by atoms with van der Waals surface area (Å²) in [7, 11) is 0. The quantitative estimate of drug-likeness (QED) is 0.658. The number of hydrogen-bond donors (Lipinski definition) is 2. The van der Waals surface area contributed by atoms with Crippen molar-refractivity contribution < 1.29 is 18.9 Å². The number of anilines is 1. The molecule has 1 amide bonds. The van der Waals surface area contributed by atoms with Crippen molar-refractivity contribution in [2.75, 3.05) is 5.32 Å². The SMILES string of the molecule is C[C@@H]([NH2+][C@H](C)c1ccc(F)cc1F)C(=O)Nc1ccccc1-c1ccccc1. The van der Waals surface area contributed by atoms with E-state index in [0.717, 1.165) is 22.9 Å². The summed E-state index contributed by atoms with van der Waals surface area (Å²) >= 11 is 0. The molecule has 0 fully saturated rings. The number of amides is 1. The zero-order valence-electron chi connectivity index (χ0n) is 15.8. The average molecular weight is 381 g/mol. The Morgan fingerprint density at radius 3 is 2.32 bits per heavy atom. The highest BCUT2D eigenvalue weighted by atomic mass is 19.1. The van der Waals surface area contributed by atoms with E-state index in [0.29, 0.717) is 5.56 Å². The standard InChI is InChI=1S/C23H22F2N2O/c1-15(19-13-12-18(24)14-21(19)25)26-16(2)23(28)27-22-11-7-6-10-20(22)17-8-4-3-5-9-17/h3-16,26H,1-2H3,(H,27,28)/p+1/t15-,16-/m1/s1. The van der Waals surface area contributed by atoms with Gasteiger partial charge in [0.2, 0.25) is 0 Å². The fourth-order valence-corrected chi connectivity index (χ4v) is 3.20. The largest absolute Gasteiger partial charge is 0.330 e. The van der Waals surface area contributed by atoms with Crippen molar-refractivity contribution in [1.82, 2.24) is 0 Å². The Morgan fingerprint density at radius 1 is 0.929 bits per heavy atom. The van der Waals surface area contributed by atoms with Crippen LogP contribution in [0.3, 0.4) is 0 Å². The molecular formula is C23H23F2N2O+. The molecule has 0 radical (unpaired) electrons. The minimum atomic E-state index is -0.614. The molecule has 0 aromatic heterocycles. The van der Waals surface area contributed by atoms with Crippen LogP contribution in [0.2, 0.25) is 0 Å². The lowest BCUT2D eigenvalue weighted by Crippen LogP contribution is -2.91. The van der Waals surface area contributed by atoms with Crippen LogP contribution in [0.25, 0.3) is 11.1 Å². The summed E-state index contributed by atoms with van der Waals surface area (Å²) in [4.78, 5) is 12.7. The fourth-order valence-electron chi connectivity index (χ4n) is 3.20. The van der Waals surface area contributed by atoms with E-state index in [1.807, 2.05) is 54.6 Å². The van der Waals surface area contributed by atoms with E-state index in [1.165, 1.54) is 12.1 Å². The van der Waals surface area contributed by atoms with Crippen molar-refractivity contribution in [3.63, 3.8) is 0 Å². The molecule has 144 valence electrons. The lowest BCUT2D eigenvalue weighted by atomic mass is 10.0. The molecule has 3 aromatic carbocycles. The Kier molecular flexibility index (Phi) is 6.16. The third kappa shape index (κ3) is 4.61. The summed E-state index contributed by atoms with van der Waals surface area (Å²) in [5, 5.41) is 4.73. The topological polar surface area (TPSA) is 45.7 Å². The first kappa shape index (κ1) is 19.7. The van der Waals surface area contributed by atoms with Crippen molar-refractivity contribution in [1.29, 1.82) is 0 Å². The second kappa shape index (κ2) is 8.76. The van der Waals surface area contributed by atoms with Gasteiger partial charge in [-0.3, -0.25) is 4.79 Å². The molecule has 2 atom stereocenters. The number of halogens is 2. The van der Waals surface area contributed by atoms with E-state index in [9.17, 15) is 13.6 Å². The predicted octanol–water partition coefficient (Wildman–Crippen LogP) is 4.28. The summed E-state index contributed by atoms with van der Waals surface area (Å²) in [5.41, 5.74) is 3.03. The Morgan fingerprint density at radius 2 is 1.61 bits per heavy atom. The van der Waals surface area contributed by atoms with Gasteiger partial charge in [0.1, 0.15) is 17.7 Å². The third-order valence-electron chi connectivity index (χ3n) is 4.71. The van der Waals surface area contributed by atoms with Gasteiger partial charge in [-0.25, -0.2) is 8.78 Å². The number of rotatable bonds is 6. The second-order valence-electron chi connectivity index (χ2n) is 6.84. The van der Waals surface area contributed by atoms with Gasteiger partial charge in [-0.15, -0.1) is 0 Å². The van der Waals surface area contributed by atoms with Crippen molar-refractivity contribution in [2.45, 2.75) is 25.9 Å². The Labute approximate surface area is 163 Å². The fraction of sp³-hybridized carbons (Fsp3) is 0.174. The maximum absolute atomic E-state index is 14.0. The van der Waals surface area contributed by atoms with Crippen LogP contribution in [0.1, 0.15) is 25.5 Å². The van der Waals surface area contributed by atoms with Crippen molar-refractivity contribution >= 4 is 11.6 Å². The summed E-state index contributed by atoms with van der Waals surface area (Å²) in [6.07, 6.45) is 0. The second-order valence-corrected chi connectivity index (χ2v) is 6.84. The van der Waals surface area contributed by atoms with Crippen LogP contribution in [0.15, 0.2) is 72.8 Å². The lowest BCUT2D eigenvalue weighted by Gasteiger charge is -2.18. The van der Waals surface area contributed by atoms with Crippen LogP contribution in [0.5, 0.6) is 0 Å². The van der Waals surface area contributed by atoms with Gasteiger partial charge in [-0.1, -0.05) is 48.5 Å². The van der Waals surface area contributed by atoms with E-state index < -0.39 is 17.7 Å². The number of nitrogens with two attached hydrogens (primary N) is 1. The van der Waals surface area contributed by atoms with E-state index >= 15 is 0 Å². The van der Waals surface area contributed by atoms with Crippen LogP contribution < -0.4 is 10.6 Å². The molecule has 0 unspecified atom stereocenters. The Bertz CT molecular complexity index is 960. The summed E-state index contributed by atoms with van der Waals surface area (Å²) in [6.45, 7) is 3.55. The number of quaternary nitrogens is 1. The molecule has 0 aliphatic heterocycles. The summed E-state index contributed by atoms with van der Waals surface area (Å²) < 4.78 is 27.1. The molecule has 0 spiro atoms. The number of benzene rings is 3. The number of para-hydroxylation sites is 1. The molecular weight excluding hydrogens is 358 g/mol.